The van der Waals surface area contributed by atoms with Crippen LogP contribution in [-0.4, -0.2) is 43.8 Å². The molecule has 2 bridgehead atoms. The predicted octanol–water partition coefficient (Wildman–Crippen LogP) is 1.39. The summed E-state index contributed by atoms with van der Waals surface area (Å²) in [6, 6.07) is 6.98. The molecule has 130 valence electrons. The first kappa shape index (κ1) is 15.8. The Hall–Kier alpha value is -2.70. The molecule has 0 aromatic carbocycles. The number of nitrogens with zero attached hydrogens (tertiary/aromatic N) is 4. The Morgan fingerprint density at radius 1 is 1.20 bits per heavy atom. The number of hydrogen-bond donors (Lipinski definition) is 0. The summed E-state index contributed by atoms with van der Waals surface area (Å²) < 4.78 is 7.25. The van der Waals surface area contributed by atoms with Crippen molar-refractivity contribution in [2.24, 2.45) is 7.05 Å². The van der Waals surface area contributed by atoms with E-state index in [1.807, 2.05) is 17.0 Å². The van der Waals surface area contributed by atoms with Gasteiger partial charge in [-0.15, -0.1) is 0 Å². The first-order chi connectivity index (χ1) is 12.1. The monoisotopic (exact) mass is 340 g/mol. The lowest BCUT2D eigenvalue weighted by atomic mass is 9.99. The lowest BCUT2D eigenvalue weighted by molar-refractivity contribution is 0.0351. The largest absolute Gasteiger partial charge is 0.489 e. The van der Waals surface area contributed by atoms with Gasteiger partial charge in [-0.3, -0.25) is 14.6 Å². The number of piperidine rings is 1. The third kappa shape index (κ3) is 3.01. The van der Waals surface area contributed by atoms with Crippen LogP contribution in [0.4, 0.5) is 0 Å². The highest BCUT2D eigenvalue weighted by Crippen LogP contribution is 2.37. The third-order valence-electron chi connectivity index (χ3n) is 5.04. The maximum Gasteiger partial charge on any atom is 0.274 e. The highest BCUT2D eigenvalue weighted by Gasteiger charge is 2.44. The zero-order valence-electron chi connectivity index (χ0n) is 14.0. The lowest BCUT2D eigenvalue weighted by Gasteiger charge is -2.38. The summed E-state index contributed by atoms with van der Waals surface area (Å²) >= 11 is 0. The van der Waals surface area contributed by atoms with Gasteiger partial charge in [0.15, 0.2) is 0 Å². The Bertz CT molecular complexity index is 822. The van der Waals surface area contributed by atoms with Crippen LogP contribution in [0.3, 0.4) is 0 Å². The van der Waals surface area contributed by atoms with E-state index in [2.05, 4.69) is 10.1 Å². The summed E-state index contributed by atoms with van der Waals surface area (Å²) in [5.41, 5.74) is 0.105. The molecule has 0 spiro atoms. The number of ether oxygens (including phenoxy) is 1. The van der Waals surface area contributed by atoms with E-state index < -0.39 is 0 Å². The molecule has 0 saturated carbocycles. The molecular formula is C18H20N4O3. The second kappa shape index (κ2) is 6.31. The quantitative estimate of drug-likeness (QED) is 0.844. The molecule has 2 aromatic heterocycles. The summed E-state index contributed by atoms with van der Waals surface area (Å²) in [6.07, 6.45) is 7.11. The van der Waals surface area contributed by atoms with Crippen LogP contribution in [0.1, 0.15) is 36.2 Å². The van der Waals surface area contributed by atoms with Crippen molar-refractivity contribution in [2.75, 3.05) is 0 Å². The molecule has 25 heavy (non-hydrogen) atoms. The summed E-state index contributed by atoms with van der Waals surface area (Å²) in [5, 5.41) is 4.10. The van der Waals surface area contributed by atoms with Gasteiger partial charge in [0.2, 0.25) is 0 Å². The zero-order valence-corrected chi connectivity index (χ0v) is 14.0. The molecule has 7 nitrogen and oxygen atoms in total. The van der Waals surface area contributed by atoms with Crippen LogP contribution in [0.15, 0.2) is 41.5 Å². The second-order valence-corrected chi connectivity index (χ2v) is 6.68. The minimum atomic E-state index is -0.219. The van der Waals surface area contributed by atoms with Crippen LogP contribution in [0, 0.1) is 0 Å². The molecule has 2 aromatic rings. The Kier molecular flexibility index (Phi) is 3.99. The normalized spacial score (nSPS) is 25.0. The summed E-state index contributed by atoms with van der Waals surface area (Å²) in [6.45, 7) is 0. The summed E-state index contributed by atoms with van der Waals surface area (Å²) in [7, 11) is 1.56. The minimum absolute atomic E-state index is 0.0945. The second-order valence-electron chi connectivity index (χ2n) is 6.68. The number of amides is 1. The van der Waals surface area contributed by atoms with Crippen molar-refractivity contribution < 1.29 is 9.53 Å². The smallest absolute Gasteiger partial charge is 0.274 e. The van der Waals surface area contributed by atoms with Crippen LogP contribution in [-0.2, 0) is 7.05 Å². The average molecular weight is 340 g/mol. The van der Waals surface area contributed by atoms with Crippen molar-refractivity contribution in [2.45, 2.75) is 43.9 Å². The molecule has 2 atom stereocenters. The van der Waals surface area contributed by atoms with Crippen LogP contribution in [0.25, 0.3) is 0 Å². The van der Waals surface area contributed by atoms with Gasteiger partial charge in [0, 0.05) is 44.2 Å². The van der Waals surface area contributed by atoms with Gasteiger partial charge in [-0.05, 0) is 31.0 Å². The van der Waals surface area contributed by atoms with Gasteiger partial charge >= 0.3 is 0 Å². The van der Waals surface area contributed by atoms with Gasteiger partial charge in [-0.1, -0.05) is 0 Å². The van der Waals surface area contributed by atoms with Crippen molar-refractivity contribution in [3.63, 3.8) is 0 Å². The lowest BCUT2D eigenvalue weighted by Crippen LogP contribution is -2.49. The highest BCUT2D eigenvalue weighted by atomic mass is 16.5. The maximum atomic E-state index is 12.9. The van der Waals surface area contributed by atoms with E-state index in [0.717, 1.165) is 31.4 Å². The number of hydrogen-bond acceptors (Lipinski definition) is 5. The number of fused-ring (bicyclic) bond motifs is 2. The molecule has 2 unspecified atom stereocenters. The molecule has 4 heterocycles. The molecule has 2 aliphatic heterocycles. The molecule has 1 amide bonds. The molecule has 0 radical (unpaired) electrons. The Morgan fingerprint density at radius 2 is 1.96 bits per heavy atom. The number of aryl methyl sites for hydroxylation is 1. The molecule has 2 fully saturated rings. The van der Waals surface area contributed by atoms with Gasteiger partial charge < -0.3 is 9.64 Å². The van der Waals surface area contributed by atoms with Gasteiger partial charge in [-0.25, -0.2) is 4.68 Å². The van der Waals surface area contributed by atoms with Crippen molar-refractivity contribution in [3.05, 3.63) is 52.7 Å². The van der Waals surface area contributed by atoms with Crippen LogP contribution in [0.5, 0.6) is 5.75 Å². The van der Waals surface area contributed by atoms with Gasteiger partial charge in [-0.2, -0.15) is 5.10 Å². The molecule has 2 aliphatic rings. The number of aromatic nitrogens is 3. The Morgan fingerprint density at radius 3 is 2.60 bits per heavy atom. The van der Waals surface area contributed by atoms with Gasteiger partial charge in [0.05, 0.1) is 6.20 Å². The van der Waals surface area contributed by atoms with E-state index in [4.69, 9.17) is 4.74 Å². The standard InChI is InChI=1S/C18H20N4O3/c1-21-17(23)7-6-16(20-21)18(24)22-12-4-5-13(22)10-15(9-12)25-14-3-2-8-19-11-14/h2-3,6-8,11-13,15H,4-5,9-10H2,1H3. The topological polar surface area (TPSA) is 77.3 Å². The van der Waals surface area contributed by atoms with Gasteiger partial charge in [0.25, 0.3) is 11.5 Å². The fourth-order valence-electron chi connectivity index (χ4n) is 3.91. The minimum Gasteiger partial charge on any atom is -0.489 e. The van der Waals surface area contributed by atoms with Crippen LogP contribution < -0.4 is 10.3 Å². The molecule has 0 aliphatic carbocycles. The van der Waals surface area contributed by atoms with E-state index >= 15 is 0 Å². The first-order valence-electron chi connectivity index (χ1n) is 8.55. The fraction of sp³-hybridized carbons (Fsp3) is 0.444. The number of carbonyl (C=O) groups excluding carboxylic acids is 1. The summed E-state index contributed by atoms with van der Waals surface area (Å²) in [4.78, 5) is 30.4. The zero-order chi connectivity index (χ0) is 17.4. The molecular weight excluding hydrogens is 320 g/mol. The van der Waals surface area contributed by atoms with Crippen LogP contribution >= 0.6 is 0 Å². The Labute approximate surface area is 145 Å². The van der Waals surface area contributed by atoms with E-state index in [1.54, 1.807) is 19.4 Å². The SMILES string of the molecule is Cn1nc(C(=O)N2C3CCC2CC(Oc2cccnc2)C3)ccc1=O. The van der Waals surface area contributed by atoms with Gasteiger partial charge in [0.1, 0.15) is 17.5 Å². The Balaban J connectivity index is 1.49. The summed E-state index contributed by atoms with van der Waals surface area (Å²) in [5.74, 6) is 0.675. The van der Waals surface area contributed by atoms with Crippen molar-refractivity contribution in [1.82, 2.24) is 19.7 Å². The molecule has 0 N–H and O–H groups in total. The average Bonchev–Trinajstić information content (AvgIpc) is 2.88. The van der Waals surface area contributed by atoms with E-state index in [0.29, 0.717) is 5.69 Å². The third-order valence-corrected chi connectivity index (χ3v) is 5.04. The van der Waals surface area contributed by atoms with Crippen molar-refractivity contribution in [1.29, 1.82) is 0 Å². The van der Waals surface area contributed by atoms with Crippen molar-refractivity contribution >= 4 is 5.91 Å². The fourth-order valence-corrected chi connectivity index (χ4v) is 3.91. The molecule has 4 rings (SSSR count). The molecule has 2 saturated heterocycles. The van der Waals surface area contributed by atoms with E-state index in [9.17, 15) is 9.59 Å². The predicted molar refractivity (Wildman–Crippen MR) is 90.3 cm³/mol. The number of rotatable bonds is 3. The first-order valence-corrected chi connectivity index (χ1v) is 8.55. The van der Waals surface area contributed by atoms with E-state index in [1.165, 1.54) is 16.8 Å². The number of pyridine rings is 1. The van der Waals surface area contributed by atoms with Crippen molar-refractivity contribution in [3.8, 4) is 5.75 Å². The van der Waals surface area contributed by atoms with E-state index in [-0.39, 0.29) is 29.7 Å². The highest BCUT2D eigenvalue weighted by molar-refractivity contribution is 5.92. The molecule has 7 heteroatoms. The van der Waals surface area contributed by atoms with Crippen LogP contribution in [0.2, 0.25) is 0 Å². The maximum absolute atomic E-state index is 12.9. The number of carbonyl (C=O) groups is 1.